The molecule has 0 spiro atoms. The Bertz CT molecular complexity index is 997. The van der Waals surface area contributed by atoms with Crippen LogP contribution in [0.5, 0.6) is 5.75 Å². The van der Waals surface area contributed by atoms with E-state index in [0.717, 1.165) is 4.68 Å². The highest BCUT2D eigenvalue weighted by molar-refractivity contribution is 7.89. The molecule has 0 radical (unpaired) electrons. The molecular weight excluding hydrogens is 388 g/mol. The maximum Gasteiger partial charge on any atom is 0.342 e. The lowest BCUT2D eigenvalue weighted by atomic mass is 10.2. The zero-order chi connectivity index (χ0) is 20.9. The van der Waals surface area contributed by atoms with Gasteiger partial charge in [-0.15, -0.1) is 4.41 Å². The van der Waals surface area contributed by atoms with Crippen LogP contribution in [0.2, 0.25) is 0 Å². The molecule has 2 rings (SSSR count). The van der Waals surface area contributed by atoms with Gasteiger partial charge in [0.05, 0.1) is 19.9 Å². The number of methoxy groups -OCH3 is 1. The van der Waals surface area contributed by atoms with Gasteiger partial charge in [-0.2, -0.15) is 18.6 Å². The smallest absolute Gasteiger partial charge is 0.342 e. The Morgan fingerprint density at radius 2 is 2.04 bits per heavy atom. The molecule has 1 aromatic carbocycles. The van der Waals surface area contributed by atoms with Crippen LogP contribution >= 0.6 is 0 Å². The number of aromatic nitrogens is 2. The number of nitrogens with zero attached hydrogens (tertiary/aromatic N) is 4. The zero-order valence-electron chi connectivity index (χ0n) is 15.5. The number of rotatable bonds is 7. The predicted molar refractivity (Wildman–Crippen MR) is 101 cm³/mol. The van der Waals surface area contributed by atoms with Gasteiger partial charge in [-0.05, 0) is 36.8 Å². The minimum atomic E-state index is -4.53. The van der Waals surface area contributed by atoms with E-state index in [9.17, 15) is 13.2 Å². The van der Waals surface area contributed by atoms with Gasteiger partial charge in [-0.3, -0.25) is 10.1 Å². The molecule has 0 aliphatic rings. The van der Waals surface area contributed by atoms with Crippen LogP contribution in [0, 0.1) is 5.41 Å². The van der Waals surface area contributed by atoms with Gasteiger partial charge < -0.3 is 15.2 Å². The average Bonchev–Trinajstić information content (AvgIpc) is 3.05. The number of benzene rings is 1. The summed E-state index contributed by atoms with van der Waals surface area (Å²) in [5, 5.41) is 14.6. The second-order valence-electron chi connectivity index (χ2n) is 5.39. The fourth-order valence-corrected chi connectivity index (χ4v) is 3.39. The molecule has 11 nitrogen and oxygen atoms in total. The highest BCUT2D eigenvalue weighted by Gasteiger charge is 2.34. The van der Waals surface area contributed by atoms with Crippen molar-refractivity contribution < 1.29 is 22.7 Å². The Hall–Kier alpha value is -3.41. The minimum Gasteiger partial charge on any atom is -0.497 e. The fourth-order valence-electron chi connectivity index (χ4n) is 2.15. The molecule has 1 heterocycles. The lowest BCUT2D eigenvalue weighted by Gasteiger charge is -2.15. The van der Waals surface area contributed by atoms with Crippen molar-refractivity contribution in [1.82, 2.24) is 14.2 Å². The number of hydrogen-bond acceptors (Lipinski definition) is 8. The van der Waals surface area contributed by atoms with Gasteiger partial charge in [-0.1, -0.05) is 0 Å². The monoisotopic (exact) mass is 408 g/mol. The SMILES string of the molecule is CCOC(=O)c1cn(C)nc1S(=O)(=O)N(/N=C/c1ccc(OC)cc1)C(=N)N. The number of sulfonamides is 1. The zero-order valence-corrected chi connectivity index (χ0v) is 16.3. The molecule has 2 aromatic rings. The molecule has 12 heteroatoms. The van der Waals surface area contributed by atoms with Gasteiger partial charge in [0.1, 0.15) is 11.3 Å². The van der Waals surface area contributed by atoms with Gasteiger partial charge in [0, 0.05) is 13.2 Å². The summed E-state index contributed by atoms with van der Waals surface area (Å²) in [6.07, 6.45) is 2.40. The Kier molecular flexibility index (Phi) is 6.36. The average molecular weight is 408 g/mol. The van der Waals surface area contributed by atoms with Crippen LogP contribution in [-0.4, -0.2) is 54.5 Å². The van der Waals surface area contributed by atoms with Crippen molar-refractivity contribution in [3.05, 3.63) is 41.6 Å². The highest BCUT2D eigenvalue weighted by atomic mass is 32.2. The predicted octanol–water partition coefficient (Wildman–Crippen LogP) is 0.524. The van der Waals surface area contributed by atoms with Crippen LogP contribution in [0.15, 0.2) is 40.6 Å². The molecule has 1 aromatic heterocycles. The van der Waals surface area contributed by atoms with Crippen molar-refractivity contribution in [2.75, 3.05) is 13.7 Å². The van der Waals surface area contributed by atoms with Gasteiger partial charge in [0.25, 0.3) is 0 Å². The van der Waals surface area contributed by atoms with Crippen molar-refractivity contribution in [1.29, 1.82) is 5.41 Å². The van der Waals surface area contributed by atoms with Crippen molar-refractivity contribution in [2.24, 2.45) is 17.9 Å². The van der Waals surface area contributed by atoms with Crippen LogP contribution in [0.25, 0.3) is 0 Å². The van der Waals surface area contributed by atoms with Crippen molar-refractivity contribution in [3.8, 4) is 5.75 Å². The quantitative estimate of drug-likeness (QED) is 0.293. The van der Waals surface area contributed by atoms with E-state index in [4.69, 9.17) is 20.6 Å². The van der Waals surface area contributed by atoms with Crippen molar-refractivity contribution in [3.63, 3.8) is 0 Å². The topological polar surface area (TPSA) is 153 Å². The molecule has 0 saturated carbocycles. The van der Waals surface area contributed by atoms with Gasteiger partial charge in [0.15, 0.2) is 0 Å². The van der Waals surface area contributed by atoms with Crippen LogP contribution in [0.4, 0.5) is 0 Å². The Balaban J connectivity index is 2.43. The Labute approximate surface area is 161 Å². The Morgan fingerprint density at radius 1 is 1.39 bits per heavy atom. The number of nitrogens with one attached hydrogen (secondary N) is 1. The molecule has 0 unspecified atom stereocenters. The number of esters is 1. The third kappa shape index (κ3) is 4.46. The summed E-state index contributed by atoms with van der Waals surface area (Å²) in [7, 11) is -1.57. The van der Waals surface area contributed by atoms with E-state index in [1.807, 2.05) is 0 Å². The molecule has 0 atom stereocenters. The summed E-state index contributed by atoms with van der Waals surface area (Å²) in [6, 6.07) is 6.59. The standard InChI is InChI=1S/C16H20N6O5S/c1-4-27-15(23)13-10-21(2)20-14(13)28(24,25)22(16(17)18)19-9-11-5-7-12(26-3)8-6-11/h5-10H,4H2,1-3H3,(H3,17,18)/b19-9+. The molecule has 0 bridgehead atoms. The number of nitrogens with two attached hydrogens (primary N) is 1. The molecular formula is C16H20N6O5S. The summed E-state index contributed by atoms with van der Waals surface area (Å²) >= 11 is 0. The number of carbonyl (C=O) groups is 1. The molecule has 3 N–H and O–H groups in total. The molecule has 28 heavy (non-hydrogen) atoms. The summed E-state index contributed by atoms with van der Waals surface area (Å²) in [5.41, 5.74) is 5.66. The van der Waals surface area contributed by atoms with E-state index in [1.165, 1.54) is 26.6 Å². The maximum atomic E-state index is 12.9. The normalized spacial score (nSPS) is 11.4. The van der Waals surface area contributed by atoms with Gasteiger partial charge in [0.2, 0.25) is 11.0 Å². The number of hydrazone groups is 1. The number of guanidine groups is 1. The number of ether oxygens (including phenoxy) is 2. The highest BCUT2D eigenvalue weighted by Crippen LogP contribution is 2.20. The van der Waals surface area contributed by atoms with Gasteiger partial charge in [-0.25, -0.2) is 4.79 Å². The van der Waals surface area contributed by atoms with E-state index in [1.54, 1.807) is 31.2 Å². The summed E-state index contributed by atoms with van der Waals surface area (Å²) in [6.45, 7) is 1.64. The lowest BCUT2D eigenvalue weighted by Crippen LogP contribution is -2.38. The van der Waals surface area contributed by atoms with Crippen LogP contribution in [-0.2, 0) is 21.8 Å². The summed E-state index contributed by atoms with van der Waals surface area (Å²) < 4.78 is 37.2. The van der Waals surface area contributed by atoms with Crippen molar-refractivity contribution in [2.45, 2.75) is 11.9 Å². The number of hydrogen-bond donors (Lipinski definition) is 2. The third-order valence-corrected chi connectivity index (χ3v) is 4.93. The third-order valence-electron chi connectivity index (χ3n) is 3.40. The van der Waals surface area contributed by atoms with E-state index >= 15 is 0 Å². The minimum absolute atomic E-state index is 0.0548. The molecule has 0 amide bonds. The lowest BCUT2D eigenvalue weighted by molar-refractivity contribution is 0.0521. The first-order chi connectivity index (χ1) is 13.2. The van der Waals surface area contributed by atoms with Crippen LogP contribution < -0.4 is 10.5 Å². The molecule has 0 fully saturated rings. The molecule has 0 aliphatic heterocycles. The van der Waals surface area contributed by atoms with Crippen molar-refractivity contribution >= 4 is 28.2 Å². The first-order valence-electron chi connectivity index (χ1n) is 7.98. The van der Waals surface area contributed by atoms with Crippen LogP contribution in [0.3, 0.4) is 0 Å². The molecule has 150 valence electrons. The number of aryl methyl sites for hydroxylation is 1. The largest absolute Gasteiger partial charge is 0.497 e. The van der Waals surface area contributed by atoms with E-state index in [2.05, 4.69) is 10.2 Å². The second-order valence-corrected chi connectivity index (χ2v) is 7.08. The second kappa shape index (κ2) is 8.52. The van der Waals surface area contributed by atoms with E-state index in [0.29, 0.717) is 11.3 Å². The fraction of sp³-hybridized carbons (Fsp3) is 0.250. The van der Waals surface area contributed by atoms with E-state index < -0.39 is 27.0 Å². The number of carbonyl (C=O) groups excluding carboxylic acids is 1. The Morgan fingerprint density at radius 3 is 2.57 bits per heavy atom. The van der Waals surface area contributed by atoms with Gasteiger partial charge >= 0.3 is 16.0 Å². The first kappa shape index (κ1) is 20.9. The van der Waals surface area contributed by atoms with Crippen LogP contribution in [0.1, 0.15) is 22.8 Å². The molecule has 0 saturated heterocycles. The van der Waals surface area contributed by atoms with E-state index in [-0.39, 0.29) is 16.6 Å². The molecule has 0 aliphatic carbocycles. The summed E-state index contributed by atoms with van der Waals surface area (Å²) in [4.78, 5) is 12.1. The summed E-state index contributed by atoms with van der Waals surface area (Å²) in [5.74, 6) is -1.12. The maximum absolute atomic E-state index is 12.9. The first-order valence-corrected chi connectivity index (χ1v) is 9.42.